The van der Waals surface area contributed by atoms with Crippen LogP contribution in [0.3, 0.4) is 0 Å². The van der Waals surface area contributed by atoms with Crippen molar-refractivity contribution in [1.29, 1.82) is 0 Å². The van der Waals surface area contributed by atoms with Crippen LogP contribution in [0.15, 0.2) is 24.3 Å². The van der Waals surface area contributed by atoms with Crippen LogP contribution < -0.4 is 4.74 Å². The minimum absolute atomic E-state index is 0.0378. The summed E-state index contributed by atoms with van der Waals surface area (Å²) in [5, 5.41) is 9.84. The molecule has 2 saturated heterocycles. The molecular formula is C15H19NO2. The van der Waals surface area contributed by atoms with Crippen LogP contribution in [0.25, 0.3) is 0 Å². The lowest BCUT2D eigenvalue weighted by atomic mass is 9.86. The van der Waals surface area contributed by atoms with Crippen LogP contribution in [0.5, 0.6) is 5.75 Å². The molecule has 1 aromatic rings. The highest BCUT2D eigenvalue weighted by Crippen LogP contribution is 2.54. The lowest BCUT2D eigenvalue weighted by Gasteiger charge is -2.36. The maximum Gasteiger partial charge on any atom is 0.124 e. The number of hydrogen-bond donors (Lipinski definition) is 1. The third-order valence-electron chi connectivity index (χ3n) is 5.06. The Morgan fingerprint density at radius 2 is 2.28 bits per heavy atom. The topological polar surface area (TPSA) is 32.7 Å². The van der Waals surface area contributed by atoms with Gasteiger partial charge in [0.05, 0.1) is 13.2 Å². The number of fused-ring (bicyclic) bond motifs is 5. The van der Waals surface area contributed by atoms with Crippen LogP contribution in [0, 0.1) is 5.92 Å². The zero-order valence-corrected chi connectivity index (χ0v) is 10.5. The first-order chi connectivity index (χ1) is 8.84. The smallest absolute Gasteiger partial charge is 0.124 e. The van der Waals surface area contributed by atoms with Gasteiger partial charge >= 0.3 is 0 Å². The molecule has 1 N–H and O–H groups in total. The van der Waals surface area contributed by atoms with Crippen molar-refractivity contribution in [3.63, 3.8) is 0 Å². The summed E-state index contributed by atoms with van der Waals surface area (Å²) in [4.78, 5) is 2.55. The molecule has 2 fully saturated rings. The maximum atomic E-state index is 9.84. The molecule has 0 bridgehead atoms. The molecule has 3 nitrogen and oxygen atoms in total. The Hall–Kier alpha value is -1.06. The van der Waals surface area contributed by atoms with Crippen molar-refractivity contribution >= 4 is 0 Å². The summed E-state index contributed by atoms with van der Waals surface area (Å²) in [5.41, 5.74) is 1.36. The van der Waals surface area contributed by atoms with E-state index in [0.29, 0.717) is 18.6 Å². The van der Waals surface area contributed by atoms with E-state index in [-0.39, 0.29) is 5.54 Å². The summed E-state index contributed by atoms with van der Waals surface area (Å²) in [7, 11) is 0. The first-order valence-electron chi connectivity index (χ1n) is 6.93. The molecule has 18 heavy (non-hydrogen) atoms. The van der Waals surface area contributed by atoms with Crippen molar-refractivity contribution in [2.24, 2.45) is 5.92 Å². The minimum Gasteiger partial charge on any atom is -0.493 e. The maximum absolute atomic E-state index is 9.84. The van der Waals surface area contributed by atoms with Gasteiger partial charge in [0.1, 0.15) is 5.75 Å². The van der Waals surface area contributed by atoms with E-state index in [4.69, 9.17) is 4.74 Å². The molecule has 3 heterocycles. The van der Waals surface area contributed by atoms with Gasteiger partial charge in [-0.3, -0.25) is 4.90 Å². The quantitative estimate of drug-likeness (QED) is 0.821. The predicted octanol–water partition coefficient (Wildman–Crippen LogP) is 1.97. The van der Waals surface area contributed by atoms with Crippen LogP contribution in [-0.2, 0) is 0 Å². The summed E-state index contributed by atoms with van der Waals surface area (Å²) in [6.45, 7) is 2.22. The molecule has 0 aromatic heterocycles. The number of nitrogens with zero attached hydrogens (tertiary/aromatic N) is 1. The largest absolute Gasteiger partial charge is 0.493 e. The Balaban J connectivity index is 1.80. The molecule has 3 atom stereocenters. The summed E-state index contributed by atoms with van der Waals surface area (Å²) in [6.07, 6.45) is 3.44. The molecule has 0 radical (unpaired) electrons. The van der Waals surface area contributed by atoms with E-state index >= 15 is 0 Å². The van der Waals surface area contributed by atoms with Gasteiger partial charge in [-0.2, -0.15) is 0 Å². The fraction of sp³-hybridized carbons (Fsp3) is 0.600. The second kappa shape index (κ2) is 3.72. The third-order valence-corrected chi connectivity index (χ3v) is 5.06. The number of rotatable bonds is 1. The number of benzene rings is 1. The molecule has 0 saturated carbocycles. The normalized spacial score (nSPS) is 37.8. The molecule has 3 heteroatoms. The Morgan fingerprint density at radius 1 is 1.39 bits per heavy atom. The number of ether oxygens (including phenoxy) is 1. The van der Waals surface area contributed by atoms with E-state index in [0.717, 1.165) is 31.7 Å². The van der Waals surface area contributed by atoms with E-state index in [2.05, 4.69) is 23.1 Å². The molecule has 1 aromatic carbocycles. The van der Waals surface area contributed by atoms with Gasteiger partial charge in [-0.1, -0.05) is 18.2 Å². The SMILES string of the molecule is OC[C@]12CCCN1[C@H]1c3ccccc3OC[C@H]1C2. The molecule has 3 aliphatic rings. The van der Waals surface area contributed by atoms with Gasteiger partial charge in [0.2, 0.25) is 0 Å². The first-order valence-corrected chi connectivity index (χ1v) is 6.93. The molecule has 3 aliphatic heterocycles. The summed E-state index contributed by atoms with van der Waals surface area (Å²) in [5.74, 6) is 1.59. The minimum atomic E-state index is 0.0378. The lowest BCUT2D eigenvalue weighted by Crippen LogP contribution is -2.42. The second-order valence-electron chi connectivity index (χ2n) is 5.94. The number of aliphatic hydroxyl groups excluding tert-OH is 1. The van der Waals surface area contributed by atoms with Crippen molar-refractivity contribution in [2.75, 3.05) is 19.8 Å². The fourth-order valence-electron chi connectivity index (χ4n) is 4.33. The van der Waals surface area contributed by atoms with E-state index < -0.39 is 0 Å². The third kappa shape index (κ3) is 1.26. The van der Waals surface area contributed by atoms with Crippen molar-refractivity contribution in [1.82, 2.24) is 4.90 Å². The highest BCUT2D eigenvalue weighted by molar-refractivity contribution is 5.40. The Morgan fingerprint density at radius 3 is 3.17 bits per heavy atom. The van der Waals surface area contributed by atoms with Gasteiger partial charge in [0.15, 0.2) is 0 Å². The van der Waals surface area contributed by atoms with Gasteiger partial charge in [0, 0.05) is 23.1 Å². The van der Waals surface area contributed by atoms with E-state index in [1.165, 1.54) is 12.0 Å². The van der Waals surface area contributed by atoms with Gasteiger partial charge < -0.3 is 9.84 Å². The Kier molecular flexibility index (Phi) is 2.24. The van der Waals surface area contributed by atoms with Gasteiger partial charge in [-0.25, -0.2) is 0 Å². The van der Waals surface area contributed by atoms with Crippen molar-refractivity contribution in [3.05, 3.63) is 29.8 Å². The van der Waals surface area contributed by atoms with E-state index in [1.807, 2.05) is 6.07 Å². The molecule has 0 unspecified atom stereocenters. The highest BCUT2D eigenvalue weighted by Gasteiger charge is 2.55. The number of hydrogen-bond acceptors (Lipinski definition) is 3. The molecular weight excluding hydrogens is 226 g/mol. The number of para-hydroxylation sites is 1. The Bertz CT molecular complexity index is 475. The first kappa shape index (κ1) is 10.8. The summed E-state index contributed by atoms with van der Waals surface area (Å²) < 4.78 is 5.88. The van der Waals surface area contributed by atoms with Crippen LogP contribution in [0.2, 0.25) is 0 Å². The predicted molar refractivity (Wildman–Crippen MR) is 68.5 cm³/mol. The second-order valence-corrected chi connectivity index (χ2v) is 5.94. The van der Waals surface area contributed by atoms with Crippen LogP contribution >= 0.6 is 0 Å². The van der Waals surface area contributed by atoms with Gasteiger partial charge in [0.25, 0.3) is 0 Å². The summed E-state index contributed by atoms with van der Waals surface area (Å²) >= 11 is 0. The molecule has 0 aliphatic carbocycles. The lowest BCUT2D eigenvalue weighted by molar-refractivity contribution is 0.0720. The van der Waals surface area contributed by atoms with Crippen LogP contribution in [0.4, 0.5) is 0 Å². The van der Waals surface area contributed by atoms with E-state index in [1.54, 1.807) is 0 Å². The van der Waals surface area contributed by atoms with Crippen LogP contribution in [0.1, 0.15) is 30.9 Å². The molecule has 0 amide bonds. The monoisotopic (exact) mass is 245 g/mol. The molecule has 4 rings (SSSR count). The average Bonchev–Trinajstić information content (AvgIpc) is 2.94. The summed E-state index contributed by atoms with van der Waals surface area (Å²) in [6, 6.07) is 8.86. The zero-order chi connectivity index (χ0) is 12.2. The van der Waals surface area contributed by atoms with Crippen molar-refractivity contribution in [2.45, 2.75) is 30.8 Å². The standard InChI is InChI=1S/C15H19NO2/c17-10-15-6-3-7-16(15)14-11(8-15)9-18-13-5-2-1-4-12(13)14/h1-2,4-5,11,14,17H,3,6-10H2/t11-,14-,15-/m1/s1. The van der Waals surface area contributed by atoms with Gasteiger partial charge in [-0.15, -0.1) is 0 Å². The Labute approximate surface area is 107 Å². The molecule has 96 valence electrons. The highest BCUT2D eigenvalue weighted by atomic mass is 16.5. The van der Waals surface area contributed by atoms with Crippen molar-refractivity contribution < 1.29 is 9.84 Å². The number of aliphatic hydroxyl groups is 1. The van der Waals surface area contributed by atoms with E-state index in [9.17, 15) is 5.11 Å². The molecule has 0 spiro atoms. The van der Waals surface area contributed by atoms with Crippen LogP contribution in [-0.4, -0.2) is 35.3 Å². The fourth-order valence-corrected chi connectivity index (χ4v) is 4.33. The van der Waals surface area contributed by atoms with Crippen molar-refractivity contribution in [3.8, 4) is 5.75 Å². The van der Waals surface area contributed by atoms with Gasteiger partial charge in [-0.05, 0) is 31.9 Å². The average molecular weight is 245 g/mol. The zero-order valence-electron chi connectivity index (χ0n) is 10.5.